The Morgan fingerprint density at radius 3 is 2.41 bits per heavy atom. The minimum Gasteiger partial charge on any atom is -0.282 e. The van der Waals surface area contributed by atoms with Crippen LogP contribution in [0.25, 0.3) is 0 Å². The molecule has 2 heterocycles. The van der Waals surface area contributed by atoms with E-state index in [1.54, 1.807) is 6.07 Å². The van der Waals surface area contributed by atoms with E-state index in [0.717, 1.165) is 31.2 Å². The second-order valence-corrected chi connectivity index (χ2v) is 10.1. The molecule has 0 spiro atoms. The molecule has 2 aromatic rings. The predicted molar refractivity (Wildman–Crippen MR) is 112 cm³/mol. The van der Waals surface area contributed by atoms with Crippen LogP contribution in [0, 0.1) is 0 Å². The van der Waals surface area contributed by atoms with Crippen LogP contribution in [0.15, 0.2) is 34.1 Å². The summed E-state index contributed by atoms with van der Waals surface area (Å²) in [6.07, 6.45) is 5.57. The number of benzene rings is 1. The zero-order valence-electron chi connectivity index (χ0n) is 15.9. The van der Waals surface area contributed by atoms with E-state index in [1.165, 1.54) is 20.7 Å². The van der Waals surface area contributed by atoms with Gasteiger partial charge in [0, 0.05) is 26.2 Å². The number of hydrogen-bond acceptors (Lipinski definition) is 5. The Labute approximate surface area is 179 Å². The summed E-state index contributed by atoms with van der Waals surface area (Å²) in [5.74, 6) is 0. The summed E-state index contributed by atoms with van der Waals surface area (Å²) in [5.41, 5.74) is 1.96. The van der Waals surface area contributed by atoms with E-state index in [4.69, 9.17) is 23.2 Å². The molecule has 1 aromatic carbocycles. The Morgan fingerprint density at radius 2 is 1.69 bits per heavy atom. The predicted octanol–water partition coefficient (Wildman–Crippen LogP) is 2.39. The van der Waals surface area contributed by atoms with Crippen molar-refractivity contribution in [3.63, 3.8) is 0 Å². The Bertz CT molecular complexity index is 1080. The van der Waals surface area contributed by atoms with Crippen molar-refractivity contribution in [1.29, 1.82) is 0 Å². The van der Waals surface area contributed by atoms with E-state index in [0.29, 0.717) is 31.1 Å². The maximum absolute atomic E-state index is 13.1. The fraction of sp³-hybridized carbons (Fsp3) is 0.474. The molecule has 0 radical (unpaired) electrons. The van der Waals surface area contributed by atoms with Gasteiger partial charge in [0.1, 0.15) is 5.02 Å². The van der Waals surface area contributed by atoms with Gasteiger partial charge in [0.05, 0.1) is 22.8 Å². The molecule has 1 aromatic heterocycles. The first-order valence-electron chi connectivity index (χ1n) is 9.62. The maximum Gasteiger partial charge on any atom is 0.288 e. The standard InChI is InChI=1S/C19H22Cl2N4O3S/c20-17-12-22-25(19(26)18(17)21)13-23-7-9-24(10-8-23)29(27,28)16-6-5-14-3-1-2-4-15(14)11-16/h5-6,11-12H,1-4,7-10,13H2. The normalized spacial score (nSPS) is 18.6. The molecule has 2 aliphatic rings. The molecule has 0 saturated carbocycles. The zero-order chi connectivity index (χ0) is 20.6. The quantitative estimate of drug-likeness (QED) is 0.705. The molecule has 0 amide bonds. The number of sulfonamides is 1. The lowest BCUT2D eigenvalue weighted by Gasteiger charge is -2.34. The van der Waals surface area contributed by atoms with Crippen molar-refractivity contribution in [1.82, 2.24) is 19.0 Å². The molecule has 7 nitrogen and oxygen atoms in total. The summed E-state index contributed by atoms with van der Waals surface area (Å²) >= 11 is 11.7. The van der Waals surface area contributed by atoms with Crippen molar-refractivity contribution in [3.8, 4) is 0 Å². The van der Waals surface area contributed by atoms with Crippen LogP contribution in [-0.4, -0.2) is 53.6 Å². The third-order valence-electron chi connectivity index (χ3n) is 5.57. The van der Waals surface area contributed by atoms with Gasteiger partial charge in [0.15, 0.2) is 0 Å². The van der Waals surface area contributed by atoms with Crippen molar-refractivity contribution in [3.05, 3.63) is 55.9 Å². The first-order valence-corrected chi connectivity index (χ1v) is 11.8. The molecular weight excluding hydrogens is 435 g/mol. The lowest BCUT2D eigenvalue weighted by molar-refractivity contribution is 0.143. The minimum absolute atomic E-state index is 0.0599. The number of fused-ring (bicyclic) bond motifs is 1. The third kappa shape index (κ3) is 4.22. The van der Waals surface area contributed by atoms with E-state index in [9.17, 15) is 13.2 Å². The highest BCUT2D eigenvalue weighted by Crippen LogP contribution is 2.26. The Kier molecular flexibility index (Phi) is 5.99. The second-order valence-electron chi connectivity index (χ2n) is 7.41. The molecule has 4 rings (SSSR count). The summed E-state index contributed by atoms with van der Waals surface area (Å²) in [5, 5.41) is 4.06. The number of nitrogens with zero attached hydrogens (tertiary/aromatic N) is 4. The summed E-state index contributed by atoms with van der Waals surface area (Å²) in [6, 6.07) is 5.53. The Balaban J connectivity index is 1.44. The number of rotatable bonds is 4. The van der Waals surface area contributed by atoms with Gasteiger partial charge in [-0.1, -0.05) is 29.3 Å². The van der Waals surface area contributed by atoms with E-state index in [-0.39, 0.29) is 16.7 Å². The van der Waals surface area contributed by atoms with Crippen LogP contribution in [0.1, 0.15) is 24.0 Å². The fourth-order valence-corrected chi connectivity index (χ4v) is 5.61. The van der Waals surface area contributed by atoms with Gasteiger partial charge < -0.3 is 0 Å². The van der Waals surface area contributed by atoms with Crippen LogP contribution in [0.3, 0.4) is 0 Å². The molecule has 1 saturated heterocycles. The second kappa shape index (κ2) is 8.35. The molecule has 1 aliphatic carbocycles. The average Bonchev–Trinajstić information content (AvgIpc) is 2.74. The van der Waals surface area contributed by atoms with Gasteiger partial charge in [-0.3, -0.25) is 9.69 Å². The van der Waals surface area contributed by atoms with Crippen LogP contribution in [0.4, 0.5) is 0 Å². The Morgan fingerprint density at radius 1 is 1.00 bits per heavy atom. The van der Waals surface area contributed by atoms with E-state index >= 15 is 0 Å². The first kappa shape index (κ1) is 20.8. The van der Waals surface area contributed by atoms with Gasteiger partial charge in [-0.25, -0.2) is 13.1 Å². The third-order valence-corrected chi connectivity index (χ3v) is 8.21. The number of aromatic nitrogens is 2. The molecule has 0 unspecified atom stereocenters. The molecule has 10 heteroatoms. The van der Waals surface area contributed by atoms with Gasteiger partial charge in [-0.2, -0.15) is 9.40 Å². The summed E-state index contributed by atoms with van der Waals surface area (Å²) in [4.78, 5) is 14.5. The molecule has 156 valence electrons. The van der Waals surface area contributed by atoms with Crippen molar-refractivity contribution in [2.24, 2.45) is 0 Å². The van der Waals surface area contributed by atoms with Crippen molar-refractivity contribution in [2.45, 2.75) is 37.2 Å². The minimum atomic E-state index is -3.53. The van der Waals surface area contributed by atoms with Crippen molar-refractivity contribution >= 4 is 33.2 Å². The van der Waals surface area contributed by atoms with Crippen molar-refractivity contribution in [2.75, 3.05) is 26.2 Å². The maximum atomic E-state index is 13.1. The summed E-state index contributed by atoms with van der Waals surface area (Å²) in [7, 11) is -3.53. The van der Waals surface area contributed by atoms with Crippen LogP contribution in [-0.2, 0) is 29.5 Å². The van der Waals surface area contributed by atoms with Gasteiger partial charge >= 0.3 is 0 Å². The van der Waals surface area contributed by atoms with E-state index in [1.807, 2.05) is 17.0 Å². The lowest BCUT2D eigenvalue weighted by Crippen LogP contribution is -2.49. The SMILES string of the molecule is O=c1c(Cl)c(Cl)cnn1CN1CCN(S(=O)(=O)c2ccc3c(c2)CCCC3)CC1. The van der Waals surface area contributed by atoms with Gasteiger partial charge in [-0.15, -0.1) is 0 Å². The number of piperazine rings is 1. The van der Waals surface area contributed by atoms with Crippen LogP contribution < -0.4 is 5.56 Å². The summed E-state index contributed by atoms with van der Waals surface area (Å²) in [6.45, 7) is 1.95. The molecular formula is C19H22Cl2N4O3S. The molecule has 1 fully saturated rings. The highest BCUT2D eigenvalue weighted by atomic mass is 35.5. The van der Waals surface area contributed by atoms with Gasteiger partial charge in [0.2, 0.25) is 10.0 Å². The van der Waals surface area contributed by atoms with Gasteiger partial charge in [-0.05, 0) is 48.9 Å². The van der Waals surface area contributed by atoms with Crippen LogP contribution in [0.5, 0.6) is 0 Å². The zero-order valence-corrected chi connectivity index (χ0v) is 18.2. The number of hydrogen-bond donors (Lipinski definition) is 0. The fourth-order valence-electron chi connectivity index (χ4n) is 3.87. The average molecular weight is 457 g/mol. The molecule has 1 aliphatic heterocycles. The summed E-state index contributed by atoms with van der Waals surface area (Å²) < 4.78 is 28.9. The largest absolute Gasteiger partial charge is 0.288 e. The molecule has 0 atom stereocenters. The topological polar surface area (TPSA) is 75.5 Å². The highest BCUT2D eigenvalue weighted by molar-refractivity contribution is 7.89. The van der Waals surface area contributed by atoms with E-state index < -0.39 is 15.6 Å². The molecule has 0 bridgehead atoms. The monoisotopic (exact) mass is 456 g/mol. The van der Waals surface area contributed by atoms with Crippen LogP contribution >= 0.6 is 23.2 Å². The van der Waals surface area contributed by atoms with E-state index in [2.05, 4.69) is 5.10 Å². The number of halogens is 2. The molecule has 29 heavy (non-hydrogen) atoms. The first-order chi connectivity index (χ1) is 13.9. The number of aryl methyl sites for hydroxylation is 2. The highest BCUT2D eigenvalue weighted by Gasteiger charge is 2.29. The lowest BCUT2D eigenvalue weighted by atomic mass is 9.92. The van der Waals surface area contributed by atoms with Crippen LogP contribution in [0.2, 0.25) is 10.0 Å². The molecule has 0 N–H and O–H groups in total. The Hall–Kier alpha value is -1.45. The van der Waals surface area contributed by atoms with Gasteiger partial charge in [0.25, 0.3) is 5.56 Å². The van der Waals surface area contributed by atoms with Crippen molar-refractivity contribution < 1.29 is 8.42 Å². The smallest absolute Gasteiger partial charge is 0.282 e.